The van der Waals surface area contributed by atoms with Crippen molar-refractivity contribution in [3.05, 3.63) is 76.6 Å². The van der Waals surface area contributed by atoms with Gasteiger partial charge in [0.25, 0.3) is 5.91 Å². The van der Waals surface area contributed by atoms with E-state index < -0.39 is 34.9 Å². The zero-order valence-electron chi connectivity index (χ0n) is 13.8. The summed E-state index contributed by atoms with van der Waals surface area (Å²) >= 11 is 0. The summed E-state index contributed by atoms with van der Waals surface area (Å²) in [7, 11) is 0. The molecule has 0 saturated heterocycles. The van der Waals surface area contributed by atoms with Crippen LogP contribution in [0, 0.1) is 37.1 Å². The van der Waals surface area contributed by atoms with Crippen molar-refractivity contribution in [2.24, 2.45) is 0 Å². The highest BCUT2D eigenvalue weighted by Gasteiger charge is 2.25. The third-order valence-electron chi connectivity index (χ3n) is 3.87. The molecule has 0 bridgehead atoms. The molecule has 1 aromatic heterocycles. The van der Waals surface area contributed by atoms with Gasteiger partial charge in [-0.15, -0.1) is 0 Å². The molecule has 0 aliphatic rings. The molecule has 26 heavy (non-hydrogen) atoms. The van der Waals surface area contributed by atoms with Gasteiger partial charge in [0.1, 0.15) is 5.69 Å². The van der Waals surface area contributed by atoms with E-state index in [4.69, 9.17) is 0 Å². The quantitative estimate of drug-likeness (QED) is 0.557. The van der Waals surface area contributed by atoms with E-state index in [9.17, 15) is 22.4 Å². The molecular formula is C18H13F4N3O. The van der Waals surface area contributed by atoms with E-state index >= 15 is 0 Å². The van der Waals surface area contributed by atoms with Crippen LogP contribution in [0.5, 0.6) is 0 Å². The lowest BCUT2D eigenvalue weighted by atomic mass is 10.1. The Morgan fingerprint density at radius 1 is 1.00 bits per heavy atom. The summed E-state index contributed by atoms with van der Waals surface area (Å²) in [6.07, 6.45) is 0. The zero-order chi connectivity index (χ0) is 19.0. The summed E-state index contributed by atoms with van der Waals surface area (Å²) in [5.41, 5.74) is 0.253. The molecule has 0 saturated carbocycles. The number of aryl methyl sites for hydroxylation is 1. The number of amides is 1. The van der Waals surface area contributed by atoms with Crippen molar-refractivity contribution in [2.75, 3.05) is 5.32 Å². The Balaban J connectivity index is 2.02. The van der Waals surface area contributed by atoms with E-state index in [1.54, 1.807) is 38.1 Å². The van der Waals surface area contributed by atoms with Gasteiger partial charge >= 0.3 is 0 Å². The van der Waals surface area contributed by atoms with Crippen molar-refractivity contribution in [3.63, 3.8) is 0 Å². The predicted octanol–water partition coefficient (Wildman–Crippen LogP) is 4.30. The number of hydrogen-bond donors (Lipinski definition) is 1. The van der Waals surface area contributed by atoms with E-state index in [0.29, 0.717) is 17.1 Å². The molecule has 3 aromatic rings. The topological polar surface area (TPSA) is 46.9 Å². The SMILES string of the molecule is Cc1nn(-c2ccccc2)c(C)c1C(=O)Nc1c(F)c(F)cc(F)c1F. The molecule has 4 nitrogen and oxygen atoms in total. The Morgan fingerprint density at radius 3 is 2.15 bits per heavy atom. The van der Waals surface area contributed by atoms with Crippen LogP contribution in [0.2, 0.25) is 0 Å². The lowest BCUT2D eigenvalue weighted by Gasteiger charge is -2.09. The highest BCUT2D eigenvalue weighted by Crippen LogP contribution is 2.26. The van der Waals surface area contributed by atoms with Crippen LogP contribution in [0.15, 0.2) is 36.4 Å². The second-order valence-corrected chi connectivity index (χ2v) is 5.59. The minimum Gasteiger partial charge on any atom is -0.317 e. The predicted molar refractivity (Wildman–Crippen MR) is 87.3 cm³/mol. The molecule has 0 spiro atoms. The standard InChI is InChI=1S/C18H13F4N3O/c1-9-14(10(2)25(24-9)11-6-4-3-5-7-11)18(26)23-17-15(21)12(19)8-13(20)16(17)22/h3-8H,1-2H3,(H,23,26). The molecular weight excluding hydrogens is 350 g/mol. The van der Waals surface area contributed by atoms with Gasteiger partial charge in [-0.25, -0.2) is 22.2 Å². The van der Waals surface area contributed by atoms with Crippen molar-refractivity contribution >= 4 is 11.6 Å². The maximum atomic E-state index is 13.8. The van der Waals surface area contributed by atoms with Gasteiger partial charge in [0.15, 0.2) is 23.3 Å². The Labute approximate surface area is 146 Å². The van der Waals surface area contributed by atoms with Crippen LogP contribution < -0.4 is 5.32 Å². The first-order valence-electron chi connectivity index (χ1n) is 7.57. The van der Waals surface area contributed by atoms with Gasteiger partial charge in [0, 0.05) is 6.07 Å². The smallest absolute Gasteiger partial charge is 0.259 e. The maximum absolute atomic E-state index is 13.8. The summed E-state index contributed by atoms with van der Waals surface area (Å²) < 4.78 is 55.6. The summed E-state index contributed by atoms with van der Waals surface area (Å²) in [4.78, 5) is 12.5. The highest BCUT2D eigenvalue weighted by molar-refractivity contribution is 6.06. The number of halogens is 4. The van der Waals surface area contributed by atoms with E-state index in [-0.39, 0.29) is 11.6 Å². The number of anilines is 1. The first-order valence-corrected chi connectivity index (χ1v) is 7.57. The Hall–Kier alpha value is -3.16. The minimum atomic E-state index is -1.68. The van der Waals surface area contributed by atoms with Gasteiger partial charge in [-0.2, -0.15) is 5.10 Å². The van der Waals surface area contributed by atoms with Gasteiger partial charge in [-0.1, -0.05) is 18.2 Å². The van der Waals surface area contributed by atoms with Gasteiger partial charge in [-0.3, -0.25) is 4.79 Å². The average Bonchev–Trinajstić information content (AvgIpc) is 2.92. The first-order chi connectivity index (χ1) is 12.3. The number of para-hydroxylation sites is 1. The van der Waals surface area contributed by atoms with E-state index in [0.717, 1.165) is 0 Å². The van der Waals surface area contributed by atoms with Gasteiger partial charge in [0.2, 0.25) is 0 Å². The molecule has 0 aliphatic carbocycles. The van der Waals surface area contributed by atoms with Crippen LogP contribution in [-0.4, -0.2) is 15.7 Å². The Kier molecular flexibility index (Phi) is 4.50. The van der Waals surface area contributed by atoms with Crippen LogP contribution in [-0.2, 0) is 0 Å². The van der Waals surface area contributed by atoms with Crippen molar-refractivity contribution in [1.82, 2.24) is 9.78 Å². The molecule has 0 atom stereocenters. The Morgan fingerprint density at radius 2 is 1.58 bits per heavy atom. The summed E-state index contributed by atoms with van der Waals surface area (Å²) in [6.45, 7) is 3.14. The molecule has 134 valence electrons. The van der Waals surface area contributed by atoms with Crippen molar-refractivity contribution in [1.29, 1.82) is 0 Å². The number of rotatable bonds is 3. The molecule has 0 fully saturated rings. The molecule has 1 amide bonds. The minimum absolute atomic E-state index is 0.0531. The van der Waals surface area contributed by atoms with E-state index in [1.165, 1.54) is 4.68 Å². The number of aromatic nitrogens is 2. The first kappa shape index (κ1) is 17.7. The molecule has 3 rings (SSSR count). The number of nitrogens with one attached hydrogen (secondary N) is 1. The molecule has 8 heteroatoms. The van der Waals surface area contributed by atoms with Crippen LogP contribution in [0.3, 0.4) is 0 Å². The summed E-state index contributed by atoms with van der Waals surface area (Å²) in [5, 5.41) is 6.14. The monoisotopic (exact) mass is 363 g/mol. The van der Waals surface area contributed by atoms with Crippen LogP contribution in [0.1, 0.15) is 21.7 Å². The molecule has 2 aromatic carbocycles. The highest BCUT2D eigenvalue weighted by atomic mass is 19.2. The second kappa shape index (κ2) is 6.62. The lowest BCUT2D eigenvalue weighted by Crippen LogP contribution is -2.17. The number of carbonyl (C=O) groups excluding carboxylic acids is 1. The van der Waals surface area contributed by atoms with Crippen molar-refractivity contribution in [3.8, 4) is 5.69 Å². The third-order valence-corrected chi connectivity index (χ3v) is 3.87. The fraction of sp³-hybridized carbons (Fsp3) is 0.111. The van der Waals surface area contributed by atoms with Crippen molar-refractivity contribution < 1.29 is 22.4 Å². The fourth-order valence-electron chi connectivity index (χ4n) is 2.65. The van der Waals surface area contributed by atoms with Crippen LogP contribution in [0.4, 0.5) is 23.2 Å². The van der Waals surface area contributed by atoms with Crippen LogP contribution in [0.25, 0.3) is 5.69 Å². The molecule has 0 unspecified atom stereocenters. The van der Waals surface area contributed by atoms with Crippen molar-refractivity contribution in [2.45, 2.75) is 13.8 Å². The average molecular weight is 363 g/mol. The lowest BCUT2D eigenvalue weighted by molar-refractivity contribution is 0.102. The van der Waals surface area contributed by atoms with E-state index in [2.05, 4.69) is 5.10 Å². The molecule has 1 N–H and O–H groups in total. The number of carbonyl (C=O) groups is 1. The van der Waals surface area contributed by atoms with Crippen LogP contribution >= 0.6 is 0 Å². The zero-order valence-corrected chi connectivity index (χ0v) is 13.8. The largest absolute Gasteiger partial charge is 0.317 e. The third kappa shape index (κ3) is 2.94. The maximum Gasteiger partial charge on any atom is 0.259 e. The van der Waals surface area contributed by atoms with Gasteiger partial charge < -0.3 is 5.32 Å². The number of benzene rings is 2. The summed E-state index contributed by atoms with van der Waals surface area (Å²) in [6, 6.07) is 8.99. The van der Waals surface area contributed by atoms with E-state index in [1.807, 2.05) is 11.4 Å². The number of hydrogen-bond acceptors (Lipinski definition) is 2. The normalized spacial score (nSPS) is 10.8. The second-order valence-electron chi connectivity index (χ2n) is 5.59. The molecule has 0 radical (unpaired) electrons. The summed E-state index contributed by atoms with van der Waals surface area (Å²) in [5.74, 6) is -7.49. The van der Waals surface area contributed by atoms with Gasteiger partial charge in [-0.05, 0) is 26.0 Å². The fourth-order valence-corrected chi connectivity index (χ4v) is 2.65. The number of nitrogens with zero attached hydrogens (tertiary/aromatic N) is 2. The Bertz CT molecular complexity index is 973. The van der Waals surface area contributed by atoms with Gasteiger partial charge in [0.05, 0.1) is 22.6 Å². The molecule has 0 aliphatic heterocycles. The molecule has 1 heterocycles.